The van der Waals surface area contributed by atoms with Gasteiger partial charge in [0.2, 0.25) is 0 Å². The van der Waals surface area contributed by atoms with Crippen LogP contribution in [0.2, 0.25) is 0 Å². The highest BCUT2D eigenvalue weighted by Gasteiger charge is 2.05. The molecule has 0 aliphatic rings. The molecule has 0 aromatic carbocycles. The second-order valence-corrected chi connectivity index (χ2v) is 3.69. The van der Waals surface area contributed by atoms with Gasteiger partial charge in [0, 0.05) is 11.8 Å². The lowest BCUT2D eigenvalue weighted by molar-refractivity contribution is 0.413. The summed E-state index contributed by atoms with van der Waals surface area (Å²) in [6, 6.07) is 9.95. The molecular weight excluding hydrogens is 214 g/mol. The van der Waals surface area contributed by atoms with E-state index in [1.54, 1.807) is 25.7 Å². The van der Waals surface area contributed by atoms with Gasteiger partial charge in [-0.05, 0) is 24.3 Å². The molecule has 0 fully saturated rings. The Morgan fingerprint density at radius 1 is 1.18 bits per heavy atom. The first-order chi connectivity index (χ1) is 8.38. The molecule has 3 heterocycles. The highest BCUT2D eigenvalue weighted by Crippen LogP contribution is 2.22. The van der Waals surface area contributed by atoms with Crippen LogP contribution < -0.4 is 4.74 Å². The van der Waals surface area contributed by atoms with Crippen LogP contribution in [-0.4, -0.2) is 21.7 Å². The van der Waals surface area contributed by atoms with E-state index in [1.165, 1.54) is 0 Å². The van der Waals surface area contributed by atoms with Crippen molar-refractivity contribution in [2.24, 2.45) is 0 Å². The predicted molar refractivity (Wildman–Crippen MR) is 65.0 cm³/mol. The number of nitrogens with zero attached hydrogens (tertiary/aromatic N) is 3. The van der Waals surface area contributed by atoms with Crippen LogP contribution in [0.5, 0.6) is 5.75 Å². The van der Waals surface area contributed by atoms with Crippen LogP contribution >= 0.6 is 0 Å². The van der Waals surface area contributed by atoms with Gasteiger partial charge in [0.1, 0.15) is 5.75 Å². The Bertz CT molecular complexity index is 660. The molecule has 0 atom stereocenters. The lowest BCUT2D eigenvalue weighted by atomic mass is 10.2. The third-order valence-electron chi connectivity index (χ3n) is 2.67. The Morgan fingerprint density at radius 2 is 2.12 bits per heavy atom. The van der Waals surface area contributed by atoms with Gasteiger partial charge in [0.25, 0.3) is 0 Å². The second-order valence-electron chi connectivity index (χ2n) is 3.69. The molecule has 0 saturated heterocycles. The predicted octanol–water partition coefficient (Wildman–Crippen LogP) is 2.40. The van der Waals surface area contributed by atoms with Gasteiger partial charge in [-0.2, -0.15) is 5.10 Å². The number of ether oxygens (including phenoxy) is 1. The van der Waals surface area contributed by atoms with Crippen molar-refractivity contribution >= 4 is 5.52 Å². The summed E-state index contributed by atoms with van der Waals surface area (Å²) < 4.78 is 7.06. The van der Waals surface area contributed by atoms with Gasteiger partial charge < -0.3 is 4.74 Å². The van der Waals surface area contributed by atoms with Crippen LogP contribution in [0.3, 0.4) is 0 Å². The number of aromatic nitrogens is 3. The van der Waals surface area contributed by atoms with Gasteiger partial charge in [-0.1, -0.05) is 6.07 Å². The molecule has 0 amide bonds. The van der Waals surface area contributed by atoms with Gasteiger partial charge in [-0.25, -0.2) is 4.52 Å². The van der Waals surface area contributed by atoms with Crippen LogP contribution in [0.25, 0.3) is 16.8 Å². The zero-order valence-corrected chi connectivity index (χ0v) is 9.37. The zero-order valence-electron chi connectivity index (χ0n) is 9.37. The minimum Gasteiger partial charge on any atom is -0.495 e. The Labute approximate surface area is 98.5 Å². The van der Waals surface area contributed by atoms with Crippen LogP contribution in [-0.2, 0) is 0 Å². The van der Waals surface area contributed by atoms with E-state index in [1.807, 2.05) is 34.8 Å². The molecule has 0 radical (unpaired) electrons. The number of hydrogen-bond donors (Lipinski definition) is 0. The first kappa shape index (κ1) is 9.84. The molecular formula is C13H11N3O. The minimum atomic E-state index is 0.742. The summed E-state index contributed by atoms with van der Waals surface area (Å²) in [6.45, 7) is 0. The van der Waals surface area contributed by atoms with Crippen molar-refractivity contribution < 1.29 is 4.74 Å². The van der Waals surface area contributed by atoms with Gasteiger partial charge in [0.15, 0.2) is 0 Å². The Kier molecular flexibility index (Phi) is 2.26. The first-order valence-corrected chi connectivity index (χ1v) is 5.30. The minimum absolute atomic E-state index is 0.742. The third-order valence-corrected chi connectivity index (χ3v) is 2.67. The SMILES string of the molecule is COc1cncc(-c2cccc3ccnn23)c1. The number of fused-ring (bicyclic) bond motifs is 1. The lowest BCUT2D eigenvalue weighted by Gasteiger charge is -2.06. The molecule has 0 spiro atoms. The van der Waals surface area contributed by atoms with Crippen molar-refractivity contribution in [1.29, 1.82) is 0 Å². The molecule has 0 aliphatic carbocycles. The molecule has 3 aromatic rings. The molecule has 0 saturated carbocycles. The summed E-state index contributed by atoms with van der Waals surface area (Å²) >= 11 is 0. The van der Waals surface area contributed by atoms with E-state index >= 15 is 0 Å². The lowest BCUT2D eigenvalue weighted by Crippen LogP contribution is -1.94. The highest BCUT2D eigenvalue weighted by atomic mass is 16.5. The normalized spacial score (nSPS) is 10.6. The van der Waals surface area contributed by atoms with E-state index in [4.69, 9.17) is 4.74 Å². The number of methoxy groups -OCH3 is 1. The summed E-state index contributed by atoms with van der Waals surface area (Å²) in [5, 5.41) is 4.30. The maximum Gasteiger partial charge on any atom is 0.137 e. The quantitative estimate of drug-likeness (QED) is 0.672. The molecule has 3 aromatic heterocycles. The Balaban J connectivity index is 2.23. The van der Waals surface area contributed by atoms with Crippen molar-refractivity contribution in [1.82, 2.24) is 14.6 Å². The van der Waals surface area contributed by atoms with Crippen LogP contribution in [0.15, 0.2) is 48.9 Å². The number of rotatable bonds is 2. The van der Waals surface area contributed by atoms with Gasteiger partial charge in [-0.3, -0.25) is 4.98 Å². The monoisotopic (exact) mass is 225 g/mol. The molecule has 0 bridgehead atoms. The standard InChI is InChI=1S/C13H11N3O/c1-17-12-7-10(8-14-9-12)13-4-2-3-11-5-6-15-16(11)13/h2-9H,1H3. The van der Waals surface area contributed by atoms with E-state index in [0.29, 0.717) is 0 Å². The number of pyridine rings is 2. The fourth-order valence-electron chi connectivity index (χ4n) is 1.84. The van der Waals surface area contributed by atoms with E-state index in [0.717, 1.165) is 22.5 Å². The Morgan fingerprint density at radius 3 is 3.00 bits per heavy atom. The second kappa shape index (κ2) is 3.90. The molecule has 0 N–H and O–H groups in total. The topological polar surface area (TPSA) is 39.4 Å². The fourth-order valence-corrected chi connectivity index (χ4v) is 1.84. The van der Waals surface area contributed by atoms with Crippen LogP contribution in [0.4, 0.5) is 0 Å². The smallest absolute Gasteiger partial charge is 0.137 e. The molecule has 3 rings (SSSR count). The van der Waals surface area contributed by atoms with Crippen molar-refractivity contribution in [2.75, 3.05) is 7.11 Å². The summed E-state index contributed by atoms with van der Waals surface area (Å²) in [6.07, 6.45) is 5.28. The van der Waals surface area contributed by atoms with Crippen molar-refractivity contribution in [2.45, 2.75) is 0 Å². The number of hydrogen-bond acceptors (Lipinski definition) is 3. The molecule has 0 aliphatic heterocycles. The largest absolute Gasteiger partial charge is 0.495 e. The van der Waals surface area contributed by atoms with Crippen LogP contribution in [0.1, 0.15) is 0 Å². The van der Waals surface area contributed by atoms with Gasteiger partial charge >= 0.3 is 0 Å². The average molecular weight is 225 g/mol. The third kappa shape index (κ3) is 1.63. The molecule has 84 valence electrons. The summed E-state index contributed by atoms with van der Waals surface area (Å²) in [5.74, 6) is 0.742. The average Bonchev–Trinajstić information content (AvgIpc) is 2.87. The maximum absolute atomic E-state index is 5.18. The van der Waals surface area contributed by atoms with E-state index < -0.39 is 0 Å². The molecule has 4 nitrogen and oxygen atoms in total. The highest BCUT2D eigenvalue weighted by molar-refractivity contribution is 5.64. The Hall–Kier alpha value is -2.36. The van der Waals surface area contributed by atoms with E-state index in [9.17, 15) is 0 Å². The molecule has 17 heavy (non-hydrogen) atoms. The van der Waals surface area contributed by atoms with Crippen molar-refractivity contribution in [3.05, 3.63) is 48.9 Å². The summed E-state index contributed by atoms with van der Waals surface area (Å²) in [5.41, 5.74) is 3.04. The summed E-state index contributed by atoms with van der Waals surface area (Å²) in [4.78, 5) is 4.16. The zero-order chi connectivity index (χ0) is 11.7. The maximum atomic E-state index is 5.18. The first-order valence-electron chi connectivity index (χ1n) is 5.30. The van der Waals surface area contributed by atoms with E-state index in [-0.39, 0.29) is 0 Å². The van der Waals surface area contributed by atoms with Crippen LogP contribution in [0, 0.1) is 0 Å². The van der Waals surface area contributed by atoms with Crippen molar-refractivity contribution in [3.63, 3.8) is 0 Å². The summed E-state index contributed by atoms with van der Waals surface area (Å²) in [7, 11) is 1.63. The van der Waals surface area contributed by atoms with Gasteiger partial charge in [0.05, 0.1) is 30.7 Å². The van der Waals surface area contributed by atoms with E-state index in [2.05, 4.69) is 10.1 Å². The van der Waals surface area contributed by atoms with Gasteiger partial charge in [-0.15, -0.1) is 0 Å². The van der Waals surface area contributed by atoms with Crippen molar-refractivity contribution in [3.8, 4) is 17.0 Å². The fraction of sp³-hybridized carbons (Fsp3) is 0.0769. The molecule has 0 unspecified atom stereocenters. The molecule has 4 heteroatoms.